The number of hydrogen-bond donors (Lipinski definition) is 3. The molecule has 1 unspecified atom stereocenters. The van der Waals surface area contributed by atoms with Crippen molar-refractivity contribution in [1.82, 2.24) is 20.3 Å². The normalized spacial score (nSPS) is 19.3. The van der Waals surface area contributed by atoms with Crippen LogP contribution in [0.3, 0.4) is 0 Å². The van der Waals surface area contributed by atoms with Crippen LogP contribution in [0.5, 0.6) is 0 Å². The van der Waals surface area contributed by atoms with Gasteiger partial charge >= 0.3 is 0 Å². The molecule has 1 heterocycles. The van der Waals surface area contributed by atoms with Crippen LogP contribution in [0.2, 0.25) is 0 Å². The molecule has 0 spiro atoms. The van der Waals surface area contributed by atoms with Crippen LogP contribution in [0.4, 0.5) is 0 Å². The molecular weight excluding hydrogens is 362 g/mol. The molecular formula is C19H33N5O2S. The first kappa shape index (κ1) is 21.7. The molecule has 8 heteroatoms. The number of nitrogens with one attached hydrogen (secondary N) is 3. The molecule has 0 aromatic heterocycles. The molecule has 1 saturated heterocycles. The third-order valence-electron chi connectivity index (χ3n) is 4.62. The molecule has 27 heavy (non-hydrogen) atoms. The van der Waals surface area contributed by atoms with Crippen molar-refractivity contribution < 1.29 is 8.42 Å². The van der Waals surface area contributed by atoms with Gasteiger partial charge in [0.25, 0.3) is 0 Å². The van der Waals surface area contributed by atoms with Crippen molar-refractivity contribution in [2.75, 3.05) is 32.9 Å². The van der Waals surface area contributed by atoms with E-state index in [4.69, 9.17) is 0 Å². The zero-order valence-corrected chi connectivity index (χ0v) is 17.6. The lowest BCUT2D eigenvalue weighted by Gasteiger charge is -2.28. The fourth-order valence-corrected chi connectivity index (χ4v) is 4.51. The Kier molecular flexibility index (Phi) is 7.64. The summed E-state index contributed by atoms with van der Waals surface area (Å²) in [7, 11) is -1.53. The Hall–Kier alpha value is -1.64. The molecule has 1 aliphatic heterocycles. The highest BCUT2D eigenvalue weighted by Crippen LogP contribution is 2.19. The van der Waals surface area contributed by atoms with E-state index in [0.717, 1.165) is 26.1 Å². The summed E-state index contributed by atoms with van der Waals surface area (Å²) in [5.74, 6) is 0.685. The van der Waals surface area contributed by atoms with Crippen molar-refractivity contribution in [1.29, 1.82) is 0 Å². The van der Waals surface area contributed by atoms with E-state index in [-0.39, 0.29) is 0 Å². The van der Waals surface area contributed by atoms with Gasteiger partial charge in [0, 0.05) is 38.3 Å². The topological polar surface area (TPSA) is 85.8 Å². The smallest absolute Gasteiger partial charge is 0.209 e. The van der Waals surface area contributed by atoms with Crippen LogP contribution in [0.15, 0.2) is 35.3 Å². The predicted octanol–water partition coefficient (Wildman–Crippen LogP) is 1.14. The molecule has 0 aliphatic carbocycles. The first-order chi connectivity index (χ1) is 12.7. The Balaban J connectivity index is 1.82. The molecule has 1 atom stereocenters. The Labute approximate surface area is 163 Å². The summed E-state index contributed by atoms with van der Waals surface area (Å²) >= 11 is 0. The minimum absolute atomic E-state index is 0.443. The quantitative estimate of drug-likeness (QED) is 0.454. The highest BCUT2D eigenvalue weighted by Gasteiger charge is 2.25. The van der Waals surface area contributed by atoms with Crippen LogP contribution in [-0.4, -0.2) is 63.8 Å². The van der Waals surface area contributed by atoms with Gasteiger partial charge in [-0.3, -0.25) is 9.89 Å². The number of benzene rings is 1. The van der Waals surface area contributed by atoms with Gasteiger partial charge in [-0.15, -0.1) is 0 Å². The summed E-state index contributed by atoms with van der Waals surface area (Å²) in [5, 5.41) is 6.60. The molecule has 0 saturated carbocycles. The largest absolute Gasteiger partial charge is 0.355 e. The summed E-state index contributed by atoms with van der Waals surface area (Å²) in [4.78, 5) is 6.76. The molecule has 1 fully saturated rings. The highest BCUT2D eigenvalue weighted by molar-refractivity contribution is 7.88. The number of rotatable bonds is 8. The maximum atomic E-state index is 11.5. The van der Waals surface area contributed by atoms with E-state index in [1.807, 2.05) is 19.9 Å². The first-order valence-corrected chi connectivity index (χ1v) is 11.3. The van der Waals surface area contributed by atoms with E-state index in [0.29, 0.717) is 18.5 Å². The van der Waals surface area contributed by atoms with Crippen LogP contribution in [-0.2, 0) is 16.6 Å². The number of hydrogen-bond acceptors (Lipinski definition) is 4. The van der Waals surface area contributed by atoms with Gasteiger partial charge in [0.05, 0.1) is 6.26 Å². The van der Waals surface area contributed by atoms with Gasteiger partial charge in [-0.2, -0.15) is 0 Å². The minimum Gasteiger partial charge on any atom is -0.355 e. The van der Waals surface area contributed by atoms with Gasteiger partial charge in [-0.25, -0.2) is 13.1 Å². The van der Waals surface area contributed by atoms with Crippen molar-refractivity contribution in [3.63, 3.8) is 0 Å². The minimum atomic E-state index is -3.26. The van der Waals surface area contributed by atoms with Gasteiger partial charge in [-0.1, -0.05) is 30.3 Å². The van der Waals surface area contributed by atoms with E-state index in [1.54, 1.807) is 7.05 Å². The zero-order valence-electron chi connectivity index (χ0n) is 16.8. The fourth-order valence-electron chi connectivity index (χ4n) is 3.43. The molecule has 7 nitrogen and oxygen atoms in total. The third kappa shape index (κ3) is 7.86. The summed E-state index contributed by atoms with van der Waals surface area (Å²) < 4.78 is 25.5. The number of nitrogens with zero attached hydrogens (tertiary/aromatic N) is 2. The molecule has 1 aliphatic rings. The third-order valence-corrected chi connectivity index (χ3v) is 5.54. The number of guanidine groups is 1. The molecule has 1 aromatic rings. The van der Waals surface area contributed by atoms with Crippen LogP contribution in [0.25, 0.3) is 0 Å². The Morgan fingerprint density at radius 1 is 1.26 bits per heavy atom. The summed E-state index contributed by atoms with van der Waals surface area (Å²) in [5.41, 5.74) is 0.735. The van der Waals surface area contributed by atoms with Crippen LogP contribution >= 0.6 is 0 Å². The molecule has 3 N–H and O–H groups in total. The zero-order chi connectivity index (χ0) is 19.9. The second-order valence-electron chi connectivity index (χ2n) is 7.82. The van der Waals surface area contributed by atoms with Crippen molar-refractivity contribution >= 4 is 16.0 Å². The summed E-state index contributed by atoms with van der Waals surface area (Å²) in [6.45, 7) is 7.01. The van der Waals surface area contributed by atoms with E-state index in [9.17, 15) is 8.42 Å². The Morgan fingerprint density at radius 3 is 2.59 bits per heavy atom. The van der Waals surface area contributed by atoms with Crippen LogP contribution in [0, 0.1) is 0 Å². The summed E-state index contributed by atoms with van der Waals surface area (Å²) in [6, 6.07) is 11.0. The predicted molar refractivity (Wildman–Crippen MR) is 111 cm³/mol. The van der Waals surface area contributed by atoms with Gasteiger partial charge in [0.1, 0.15) is 0 Å². The van der Waals surface area contributed by atoms with E-state index in [2.05, 4.69) is 49.5 Å². The second kappa shape index (κ2) is 9.52. The highest BCUT2D eigenvalue weighted by atomic mass is 32.2. The second-order valence-corrected chi connectivity index (χ2v) is 9.57. The monoisotopic (exact) mass is 395 g/mol. The maximum Gasteiger partial charge on any atom is 0.209 e. The van der Waals surface area contributed by atoms with Crippen molar-refractivity contribution in [2.24, 2.45) is 4.99 Å². The maximum absolute atomic E-state index is 11.5. The number of likely N-dealkylation sites (tertiary alicyclic amines) is 1. The lowest BCUT2D eigenvalue weighted by atomic mass is 10.1. The molecule has 0 bridgehead atoms. The lowest BCUT2D eigenvalue weighted by molar-refractivity contribution is 0.245. The van der Waals surface area contributed by atoms with E-state index >= 15 is 0 Å². The van der Waals surface area contributed by atoms with E-state index < -0.39 is 15.6 Å². The molecule has 2 rings (SSSR count). The van der Waals surface area contributed by atoms with Gasteiger partial charge < -0.3 is 10.6 Å². The van der Waals surface area contributed by atoms with E-state index in [1.165, 1.54) is 18.2 Å². The first-order valence-electron chi connectivity index (χ1n) is 9.40. The van der Waals surface area contributed by atoms with Crippen LogP contribution in [0.1, 0.15) is 32.3 Å². The number of aliphatic imine (C=N–C) groups is 1. The fraction of sp³-hybridized carbons (Fsp3) is 0.632. The Bertz CT molecular complexity index is 719. The van der Waals surface area contributed by atoms with Gasteiger partial charge in [0.2, 0.25) is 10.0 Å². The standard InChI is InChI=1S/C19H33N5O2S/c1-19(2,23-27(4,25)26)15-22-18(20-3)21-13-17-11-8-12-24(17)14-16-9-6-5-7-10-16/h5-7,9-10,17,23H,8,11-15H2,1-4H3,(H2,20,21,22). The van der Waals surface area contributed by atoms with Crippen molar-refractivity contribution in [3.8, 4) is 0 Å². The van der Waals surface area contributed by atoms with Gasteiger partial charge in [0.15, 0.2) is 5.96 Å². The molecule has 0 amide bonds. The lowest BCUT2D eigenvalue weighted by Crippen LogP contribution is -2.53. The number of sulfonamides is 1. The molecule has 152 valence electrons. The average molecular weight is 396 g/mol. The average Bonchev–Trinajstić information content (AvgIpc) is 3.01. The molecule has 1 aromatic carbocycles. The SMILES string of the molecule is CN=C(NCC1CCCN1Cc1ccccc1)NCC(C)(C)NS(C)(=O)=O. The molecule has 0 radical (unpaired) electrons. The van der Waals surface area contributed by atoms with Crippen molar-refractivity contribution in [3.05, 3.63) is 35.9 Å². The Morgan fingerprint density at radius 2 is 1.96 bits per heavy atom. The summed E-state index contributed by atoms with van der Waals surface area (Å²) in [6.07, 6.45) is 3.54. The van der Waals surface area contributed by atoms with Crippen LogP contribution < -0.4 is 15.4 Å². The van der Waals surface area contributed by atoms with Gasteiger partial charge in [-0.05, 0) is 38.8 Å². The van der Waals surface area contributed by atoms with Crippen molar-refractivity contribution in [2.45, 2.75) is 44.8 Å².